The van der Waals surface area contributed by atoms with E-state index >= 15 is 0 Å². The van der Waals surface area contributed by atoms with Crippen molar-refractivity contribution in [2.45, 2.75) is 0 Å². The zero-order chi connectivity index (χ0) is 8.72. The van der Waals surface area contributed by atoms with Crippen molar-refractivity contribution in [3.8, 4) is 0 Å². The van der Waals surface area contributed by atoms with Crippen molar-refractivity contribution in [1.82, 2.24) is 14.6 Å². The van der Waals surface area contributed by atoms with E-state index in [9.17, 15) is 9.18 Å². The molecule has 0 atom stereocenters. The average molecular weight is 188 g/mol. The van der Waals surface area contributed by atoms with Crippen molar-refractivity contribution in [3.63, 3.8) is 0 Å². The van der Waals surface area contributed by atoms with Crippen molar-refractivity contribution < 1.29 is 4.39 Å². The molecule has 2 aromatic rings. The van der Waals surface area contributed by atoms with Gasteiger partial charge in [-0.15, -0.1) is 5.10 Å². The summed E-state index contributed by atoms with van der Waals surface area (Å²) in [6, 6.07) is 1.09. The lowest BCUT2D eigenvalue weighted by Crippen LogP contribution is -2.08. The molecule has 0 unspecified atom stereocenters. The van der Waals surface area contributed by atoms with Gasteiger partial charge in [0.05, 0.1) is 5.02 Å². The quantitative estimate of drug-likeness (QED) is 0.664. The molecule has 0 aromatic carbocycles. The Morgan fingerprint density at radius 1 is 1.67 bits per heavy atom. The molecule has 0 aliphatic rings. The Labute approximate surface area is 70.6 Å². The molecule has 0 bridgehead atoms. The fraction of sp³-hybridized carbons (Fsp3) is 0. The number of nitrogens with one attached hydrogen (secondary N) is 1. The zero-order valence-electron chi connectivity index (χ0n) is 5.71. The molecule has 62 valence electrons. The van der Waals surface area contributed by atoms with Gasteiger partial charge in [0.1, 0.15) is 0 Å². The number of fused-ring (bicyclic) bond motifs is 1. The van der Waals surface area contributed by atoms with Gasteiger partial charge in [0.2, 0.25) is 0 Å². The summed E-state index contributed by atoms with van der Waals surface area (Å²) in [5, 5.41) is 5.71. The second-order valence-electron chi connectivity index (χ2n) is 2.23. The van der Waals surface area contributed by atoms with E-state index in [-0.39, 0.29) is 10.7 Å². The topological polar surface area (TPSA) is 50.2 Å². The predicted octanol–water partition coefficient (Wildman–Crippen LogP) is 0.815. The van der Waals surface area contributed by atoms with Crippen LogP contribution in [0.1, 0.15) is 0 Å². The molecule has 0 aliphatic heterocycles. The van der Waals surface area contributed by atoms with Gasteiger partial charge in [-0.25, -0.2) is 18.7 Å². The van der Waals surface area contributed by atoms with Crippen LogP contribution in [0.15, 0.2) is 17.1 Å². The molecule has 2 aromatic heterocycles. The summed E-state index contributed by atoms with van der Waals surface area (Å²) in [4.78, 5) is 10.9. The van der Waals surface area contributed by atoms with Crippen LogP contribution < -0.4 is 5.69 Å². The van der Waals surface area contributed by atoms with Crippen LogP contribution in [0, 0.1) is 5.82 Å². The van der Waals surface area contributed by atoms with Crippen molar-refractivity contribution in [2.24, 2.45) is 0 Å². The number of rotatable bonds is 0. The maximum absolute atomic E-state index is 12.9. The predicted molar refractivity (Wildman–Crippen MR) is 40.8 cm³/mol. The molecule has 4 nitrogen and oxygen atoms in total. The Balaban J connectivity index is 3.02. The van der Waals surface area contributed by atoms with Gasteiger partial charge in [0.25, 0.3) is 0 Å². The van der Waals surface area contributed by atoms with Crippen molar-refractivity contribution >= 4 is 17.2 Å². The molecule has 12 heavy (non-hydrogen) atoms. The Bertz CT molecular complexity index is 489. The van der Waals surface area contributed by atoms with E-state index in [1.165, 1.54) is 6.20 Å². The fourth-order valence-corrected chi connectivity index (χ4v) is 1.13. The summed E-state index contributed by atoms with van der Waals surface area (Å²) in [5.74, 6) is -0.624. The van der Waals surface area contributed by atoms with E-state index in [2.05, 4.69) is 10.2 Å². The summed E-state index contributed by atoms with van der Waals surface area (Å²) in [6.45, 7) is 0. The average Bonchev–Trinajstić information content (AvgIpc) is 2.33. The van der Waals surface area contributed by atoms with Gasteiger partial charge in [0, 0.05) is 6.20 Å². The third-order valence-electron chi connectivity index (χ3n) is 1.44. The van der Waals surface area contributed by atoms with E-state index in [4.69, 9.17) is 11.6 Å². The number of halogens is 2. The maximum atomic E-state index is 12.9. The fourth-order valence-electron chi connectivity index (χ4n) is 0.939. The first-order valence-corrected chi connectivity index (χ1v) is 3.48. The van der Waals surface area contributed by atoms with E-state index in [0.717, 1.165) is 10.5 Å². The van der Waals surface area contributed by atoms with Crippen LogP contribution in [0.25, 0.3) is 5.65 Å². The van der Waals surface area contributed by atoms with Gasteiger partial charge < -0.3 is 0 Å². The first-order valence-electron chi connectivity index (χ1n) is 3.10. The summed E-state index contributed by atoms with van der Waals surface area (Å²) in [6.07, 6.45) is 1.30. The Morgan fingerprint density at radius 2 is 2.42 bits per heavy atom. The van der Waals surface area contributed by atoms with Crippen LogP contribution in [0.4, 0.5) is 4.39 Å². The minimum atomic E-state index is -0.624. The molecule has 1 N–H and O–H groups in total. The summed E-state index contributed by atoms with van der Waals surface area (Å²) < 4.78 is 13.9. The zero-order valence-corrected chi connectivity index (χ0v) is 6.47. The Hall–Kier alpha value is -1.36. The highest BCUT2D eigenvalue weighted by molar-refractivity contribution is 6.30. The SMILES string of the molecule is O=c1[nH]nc2c(F)cc(Cl)cn12. The van der Waals surface area contributed by atoms with Crippen LogP contribution in [-0.4, -0.2) is 14.6 Å². The lowest BCUT2D eigenvalue weighted by atomic mass is 10.4. The highest BCUT2D eigenvalue weighted by Gasteiger charge is 2.06. The van der Waals surface area contributed by atoms with Gasteiger partial charge >= 0.3 is 5.69 Å². The molecule has 6 heteroatoms. The third kappa shape index (κ3) is 0.902. The van der Waals surface area contributed by atoms with E-state index in [1.807, 2.05) is 0 Å². The second-order valence-corrected chi connectivity index (χ2v) is 2.67. The molecule has 0 amide bonds. The van der Waals surface area contributed by atoms with Gasteiger partial charge in [-0.3, -0.25) is 0 Å². The molecule has 0 saturated heterocycles. The Morgan fingerprint density at radius 3 is 3.17 bits per heavy atom. The lowest BCUT2D eigenvalue weighted by Gasteiger charge is -1.92. The van der Waals surface area contributed by atoms with Gasteiger partial charge in [0.15, 0.2) is 11.5 Å². The number of hydrogen-bond donors (Lipinski definition) is 1. The van der Waals surface area contributed by atoms with Crippen molar-refractivity contribution in [1.29, 1.82) is 0 Å². The minimum Gasteiger partial charge on any atom is -0.247 e. The van der Waals surface area contributed by atoms with Crippen molar-refractivity contribution in [3.05, 3.63) is 33.6 Å². The molecule has 2 heterocycles. The second kappa shape index (κ2) is 2.31. The molecule has 0 fully saturated rings. The normalized spacial score (nSPS) is 10.8. The summed E-state index contributed by atoms with van der Waals surface area (Å²) in [7, 11) is 0. The van der Waals surface area contributed by atoms with Crippen LogP contribution in [0.2, 0.25) is 5.02 Å². The number of pyridine rings is 1. The van der Waals surface area contributed by atoms with E-state index < -0.39 is 11.5 Å². The highest BCUT2D eigenvalue weighted by atomic mass is 35.5. The van der Waals surface area contributed by atoms with E-state index in [0.29, 0.717) is 0 Å². The first-order chi connectivity index (χ1) is 5.68. The standard InChI is InChI=1S/C6H3ClFN3O/c7-3-1-4(8)5-9-10-6(12)11(5)2-3/h1-2H,(H,10,12). The lowest BCUT2D eigenvalue weighted by molar-refractivity contribution is 0.629. The number of aromatic amines is 1. The van der Waals surface area contributed by atoms with Crippen molar-refractivity contribution in [2.75, 3.05) is 0 Å². The van der Waals surface area contributed by atoms with Crippen LogP contribution in [0.5, 0.6) is 0 Å². The van der Waals surface area contributed by atoms with E-state index in [1.54, 1.807) is 0 Å². The molecular formula is C6H3ClFN3O. The molecule has 0 spiro atoms. The Kier molecular flexibility index (Phi) is 1.41. The molecule has 0 saturated carbocycles. The largest absolute Gasteiger partial charge is 0.347 e. The maximum Gasteiger partial charge on any atom is 0.347 e. The molecule has 0 aliphatic carbocycles. The highest BCUT2D eigenvalue weighted by Crippen LogP contribution is 2.11. The molecule has 0 radical (unpaired) electrons. The molecular weight excluding hydrogens is 185 g/mol. The van der Waals surface area contributed by atoms with Crippen LogP contribution >= 0.6 is 11.6 Å². The smallest absolute Gasteiger partial charge is 0.247 e. The van der Waals surface area contributed by atoms with Crippen LogP contribution in [0.3, 0.4) is 0 Å². The van der Waals surface area contributed by atoms with Gasteiger partial charge in [-0.05, 0) is 6.07 Å². The summed E-state index contributed by atoms with van der Waals surface area (Å²) >= 11 is 5.51. The number of nitrogens with zero attached hydrogens (tertiary/aromatic N) is 2. The molecule has 2 rings (SSSR count). The third-order valence-corrected chi connectivity index (χ3v) is 1.64. The van der Waals surface area contributed by atoms with Gasteiger partial charge in [-0.1, -0.05) is 11.6 Å². The number of H-pyrrole nitrogens is 1. The minimum absolute atomic E-state index is 0.0515. The number of hydrogen-bond acceptors (Lipinski definition) is 2. The first kappa shape index (κ1) is 7.30. The monoisotopic (exact) mass is 187 g/mol. The van der Waals surface area contributed by atoms with Gasteiger partial charge in [-0.2, -0.15) is 0 Å². The van der Waals surface area contributed by atoms with Crippen LogP contribution in [-0.2, 0) is 0 Å². The summed E-state index contributed by atoms with van der Waals surface area (Å²) in [5.41, 5.74) is -0.559. The number of aromatic nitrogens is 3.